The number of aromatic nitrogens is 1. The molecular formula is C12H12N2OS. The van der Waals surface area contributed by atoms with Gasteiger partial charge in [0, 0.05) is 13.1 Å². The molecule has 1 aromatic heterocycles. The second kappa shape index (κ2) is 4.45. The van der Waals surface area contributed by atoms with Gasteiger partial charge in [-0.15, -0.1) is 0 Å². The Morgan fingerprint density at radius 1 is 1.31 bits per heavy atom. The molecule has 0 spiro atoms. The van der Waals surface area contributed by atoms with E-state index in [4.69, 9.17) is 0 Å². The van der Waals surface area contributed by atoms with Crippen molar-refractivity contribution in [3.8, 4) is 10.4 Å². The van der Waals surface area contributed by atoms with Crippen molar-refractivity contribution in [1.82, 2.24) is 4.98 Å². The summed E-state index contributed by atoms with van der Waals surface area (Å²) in [4.78, 5) is 16.1. The number of nitrogens with one attached hydrogen (secondary N) is 1. The van der Waals surface area contributed by atoms with Crippen molar-refractivity contribution in [2.24, 2.45) is 0 Å². The minimum Gasteiger partial charge on any atom is -0.302 e. The summed E-state index contributed by atoms with van der Waals surface area (Å²) < 4.78 is 0. The number of nitrogens with zero attached hydrogens (tertiary/aromatic N) is 1. The number of benzene rings is 1. The fourth-order valence-corrected chi connectivity index (χ4v) is 2.20. The monoisotopic (exact) mass is 232 g/mol. The summed E-state index contributed by atoms with van der Waals surface area (Å²) in [5.74, 6) is -0.0928. The molecule has 4 heteroatoms. The van der Waals surface area contributed by atoms with Crippen LogP contribution in [0.2, 0.25) is 0 Å². The molecule has 0 bridgehead atoms. The van der Waals surface area contributed by atoms with E-state index in [-0.39, 0.29) is 5.91 Å². The Bertz CT molecular complexity index is 502. The molecule has 0 aliphatic rings. The van der Waals surface area contributed by atoms with Crippen LogP contribution in [0.5, 0.6) is 0 Å². The molecule has 0 saturated carbocycles. The molecule has 0 saturated heterocycles. The van der Waals surface area contributed by atoms with Crippen molar-refractivity contribution in [2.45, 2.75) is 13.8 Å². The van der Waals surface area contributed by atoms with E-state index < -0.39 is 0 Å². The second-order valence-electron chi connectivity index (χ2n) is 3.58. The molecule has 0 atom stereocenters. The van der Waals surface area contributed by atoms with E-state index in [1.807, 2.05) is 0 Å². The smallest absolute Gasteiger partial charge is 0.223 e. The topological polar surface area (TPSA) is 42.0 Å². The van der Waals surface area contributed by atoms with E-state index in [0.29, 0.717) is 5.13 Å². The minimum atomic E-state index is -0.0928. The third kappa shape index (κ3) is 2.46. The van der Waals surface area contributed by atoms with Crippen LogP contribution in [0.1, 0.15) is 12.5 Å². The lowest BCUT2D eigenvalue weighted by Gasteiger charge is -1.97. The number of carbonyl (C=O) groups excluding carboxylic acids is 1. The molecule has 3 nitrogen and oxygen atoms in total. The van der Waals surface area contributed by atoms with E-state index in [1.54, 1.807) is 6.20 Å². The van der Waals surface area contributed by atoms with Crippen LogP contribution in [-0.4, -0.2) is 10.9 Å². The molecule has 82 valence electrons. The third-order valence-corrected chi connectivity index (χ3v) is 3.09. The maximum atomic E-state index is 10.9. The average molecular weight is 232 g/mol. The van der Waals surface area contributed by atoms with Crippen LogP contribution >= 0.6 is 11.3 Å². The van der Waals surface area contributed by atoms with Crippen molar-refractivity contribution in [3.63, 3.8) is 0 Å². The zero-order valence-electron chi connectivity index (χ0n) is 9.15. The van der Waals surface area contributed by atoms with Gasteiger partial charge in [-0.2, -0.15) is 0 Å². The lowest BCUT2D eigenvalue weighted by molar-refractivity contribution is -0.114. The van der Waals surface area contributed by atoms with E-state index in [2.05, 4.69) is 41.5 Å². The van der Waals surface area contributed by atoms with Gasteiger partial charge in [0.1, 0.15) is 0 Å². The summed E-state index contributed by atoms with van der Waals surface area (Å²) in [6.45, 7) is 3.53. The largest absolute Gasteiger partial charge is 0.302 e. The number of aryl methyl sites for hydroxylation is 1. The number of anilines is 1. The Balaban J connectivity index is 2.24. The first kappa shape index (κ1) is 10.8. The van der Waals surface area contributed by atoms with Crippen molar-refractivity contribution < 1.29 is 4.79 Å². The van der Waals surface area contributed by atoms with Gasteiger partial charge in [-0.3, -0.25) is 4.79 Å². The fourth-order valence-electron chi connectivity index (χ4n) is 1.33. The SMILES string of the molecule is CC(=O)Nc1ncc(-c2ccc(C)cc2)s1. The standard InChI is InChI=1S/C12H12N2OS/c1-8-3-5-10(6-4-8)11-7-13-12(16-11)14-9(2)15/h3-7H,1-2H3,(H,13,14,15). The molecule has 0 fully saturated rings. The third-order valence-electron chi connectivity index (χ3n) is 2.12. The van der Waals surface area contributed by atoms with Crippen LogP contribution in [0.3, 0.4) is 0 Å². The van der Waals surface area contributed by atoms with Crippen LogP contribution in [0.25, 0.3) is 10.4 Å². The summed E-state index contributed by atoms with van der Waals surface area (Å²) in [5.41, 5.74) is 2.36. The first-order valence-electron chi connectivity index (χ1n) is 4.95. The van der Waals surface area contributed by atoms with Crippen LogP contribution in [-0.2, 0) is 4.79 Å². The molecule has 2 aromatic rings. The van der Waals surface area contributed by atoms with Gasteiger partial charge in [0.05, 0.1) is 4.88 Å². The number of hydrogen-bond donors (Lipinski definition) is 1. The molecule has 1 amide bonds. The second-order valence-corrected chi connectivity index (χ2v) is 4.61. The van der Waals surface area contributed by atoms with Crippen molar-refractivity contribution >= 4 is 22.4 Å². The summed E-state index contributed by atoms with van der Waals surface area (Å²) in [6.07, 6.45) is 1.78. The van der Waals surface area contributed by atoms with Gasteiger partial charge >= 0.3 is 0 Å². The van der Waals surface area contributed by atoms with E-state index >= 15 is 0 Å². The van der Waals surface area contributed by atoms with Gasteiger partial charge in [-0.05, 0) is 12.5 Å². The zero-order valence-corrected chi connectivity index (χ0v) is 9.97. The van der Waals surface area contributed by atoms with E-state index in [1.165, 1.54) is 23.8 Å². The lowest BCUT2D eigenvalue weighted by Crippen LogP contribution is -2.04. The molecule has 0 aliphatic carbocycles. The van der Waals surface area contributed by atoms with Crippen molar-refractivity contribution in [3.05, 3.63) is 36.0 Å². The van der Waals surface area contributed by atoms with Crippen LogP contribution in [0, 0.1) is 6.92 Å². The Morgan fingerprint density at radius 3 is 2.62 bits per heavy atom. The molecular weight excluding hydrogens is 220 g/mol. The first-order chi connectivity index (χ1) is 7.65. The van der Waals surface area contributed by atoms with Gasteiger partial charge in [-0.1, -0.05) is 41.2 Å². The number of carbonyl (C=O) groups is 1. The molecule has 1 heterocycles. The van der Waals surface area contributed by atoms with Crippen molar-refractivity contribution in [1.29, 1.82) is 0 Å². The number of amides is 1. The lowest BCUT2D eigenvalue weighted by atomic mass is 10.1. The van der Waals surface area contributed by atoms with Crippen LogP contribution in [0.4, 0.5) is 5.13 Å². The van der Waals surface area contributed by atoms with E-state index in [9.17, 15) is 4.79 Å². The zero-order chi connectivity index (χ0) is 11.5. The highest BCUT2D eigenvalue weighted by atomic mass is 32.1. The highest BCUT2D eigenvalue weighted by Crippen LogP contribution is 2.28. The maximum absolute atomic E-state index is 10.9. The maximum Gasteiger partial charge on any atom is 0.223 e. The summed E-state index contributed by atoms with van der Waals surface area (Å²) >= 11 is 1.48. The van der Waals surface area contributed by atoms with Gasteiger partial charge in [0.15, 0.2) is 5.13 Å². The number of rotatable bonds is 2. The molecule has 0 aliphatic heterocycles. The van der Waals surface area contributed by atoms with Crippen molar-refractivity contribution in [2.75, 3.05) is 5.32 Å². The quantitative estimate of drug-likeness (QED) is 0.864. The summed E-state index contributed by atoms with van der Waals surface area (Å²) in [7, 11) is 0. The molecule has 0 unspecified atom stereocenters. The Hall–Kier alpha value is -1.68. The Morgan fingerprint density at radius 2 is 2.00 bits per heavy atom. The van der Waals surface area contributed by atoms with Gasteiger partial charge in [0.2, 0.25) is 5.91 Å². The average Bonchev–Trinajstić information content (AvgIpc) is 2.66. The molecule has 0 radical (unpaired) electrons. The fraction of sp³-hybridized carbons (Fsp3) is 0.167. The molecule has 2 rings (SSSR count). The van der Waals surface area contributed by atoms with Crippen LogP contribution < -0.4 is 5.32 Å². The molecule has 1 aromatic carbocycles. The van der Waals surface area contributed by atoms with Gasteiger partial charge in [0.25, 0.3) is 0 Å². The Labute approximate surface area is 98.2 Å². The predicted octanol–water partition coefficient (Wildman–Crippen LogP) is 3.08. The highest BCUT2D eigenvalue weighted by Gasteiger charge is 2.04. The highest BCUT2D eigenvalue weighted by molar-refractivity contribution is 7.19. The van der Waals surface area contributed by atoms with E-state index in [0.717, 1.165) is 10.4 Å². The predicted molar refractivity (Wildman–Crippen MR) is 66.6 cm³/mol. The normalized spacial score (nSPS) is 10.1. The van der Waals surface area contributed by atoms with Crippen LogP contribution in [0.15, 0.2) is 30.5 Å². The van der Waals surface area contributed by atoms with Gasteiger partial charge < -0.3 is 5.32 Å². The first-order valence-corrected chi connectivity index (χ1v) is 5.77. The number of thiazole rings is 1. The summed E-state index contributed by atoms with van der Waals surface area (Å²) in [5, 5.41) is 3.32. The minimum absolute atomic E-state index is 0.0928. The summed E-state index contributed by atoms with van der Waals surface area (Å²) in [6, 6.07) is 8.24. The Kier molecular flexibility index (Phi) is 3.01. The molecule has 1 N–H and O–H groups in total. The molecule has 16 heavy (non-hydrogen) atoms. The number of hydrogen-bond acceptors (Lipinski definition) is 3. The van der Waals surface area contributed by atoms with Gasteiger partial charge in [-0.25, -0.2) is 4.98 Å².